The third-order valence-electron chi connectivity index (χ3n) is 1.45. The maximum atomic E-state index is 10.8. The maximum absolute atomic E-state index is 10.8. The van der Waals surface area contributed by atoms with E-state index in [4.69, 9.17) is 34.8 Å². The summed E-state index contributed by atoms with van der Waals surface area (Å²) < 4.78 is 0. The van der Waals surface area contributed by atoms with E-state index in [0.717, 1.165) is 12.1 Å². The second-order valence-corrected chi connectivity index (χ2v) is 3.47. The average Bonchev–Trinajstić information content (AvgIpc) is 2.08. The predicted molar refractivity (Wildman–Crippen MR) is 53.3 cm³/mol. The smallest absolute Gasteiger partial charge is 0.275 e. The second kappa shape index (κ2) is 4.13. The summed E-state index contributed by atoms with van der Waals surface area (Å²) in [6, 6.07) is 2.05. The SMILES string of the molecule is O=C(Cl)c1cc(Cl)c(Cl)cc1[N+](=O)[O-]. The fourth-order valence-corrected chi connectivity index (χ4v) is 1.32. The molecule has 0 N–H and O–H groups in total. The Bertz CT molecular complexity index is 380. The van der Waals surface area contributed by atoms with Crippen molar-refractivity contribution >= 4 is 45.7 Å². The monoisotopic (exact) mass is 253 g/mol. The van der Waals surface area contributed by atoms with Crippen molar-refractivity contribution in [2.45, 2.75) is 0 Å². The number of hydrogen-bond acceptors (Lipinski definition) is 3. The van der Waals surface area contributed by atoms with Crippen molar-refractivity contribution in [2.24, 2.45) is 0 Å². The number of carbonyl (C=O) groups is 1. The van der Waals surface area contributed by atoms with Gasteiger partial charge in [-0.05, 0) is 17.7 Å². The van der Waals surface area contributed by atoms with Gasteiger partial charge < -0.3 is 0 Å². The van der Waals surface area contributed by atoms with Crippen molar-refractivity contribution in [3.05, 3.63) is 37.9 Å². The molecule has 0 fully saturated rings. The van der Waals surface area contributed by atoms with Crippen LogP contribution in [0.25, 0.3) is 0 Å². The minimum Gasteiger partial charge on any atom is -0.275 e. The molecule has 0 bridgehead atoms. The van der Waals surface area contributed by atoms with Gasteiger partial charge in [0.2, 0.25) is 0 Å². The summed E-state index contributed by atoms with van der Waals surface area (Å²) >= 11 is 16.2. The van der Waals surface area contributed by atoms with Crippen LogP contribution < -0.4 is 0 Å². The summed E-state index contributed by atoms with van der Waals surface area (Å²) in [6.45, 7) is 0. The van der Waals surface area contributed by atoms with Gasteiger partial charge in [0.1, 0.15) is 5.56 Å². The van der Waals surface area contributed by atoms with Crippen LogP contribution in [0.15, 0.2) is 12.1 Å². The molecular formula is C7H2Cl3NO3. The molecule has 14 heavy (non-hydrogen) atoms. The normalized spacial score (nSPS) is 9.93. The molecule has 0 unspecified atom stereocenters. The molecule has 74 valence electrons. The van der Waals surface area contributed by atoms with Crippen LogP contribution >= 0.6 is 34.8 Å². The van der Waals surface area contributed by atoms with Crippen LogP contribution in [0.2, 0.25) is 10.0 Å². The lowest BCUT2D eigenvalue weighted by Crippen LogP contribution is -1.98. The van der Waals surface area contributed by atoms with Crippen LogP contribution in [0.4, 0.5) is 5.69 Å². The Balaban J connectivity index is 3.46. The molecule has 0 amide bonds. The molecule has 0 radical (unpaired) electrons. The first-order valence-electron chi connectivity index (χ1n) is 3.26. The van der Waals surface area contributed by atoms with E-state index in [9.17, 15) is 14.9 Å². The molecule has 0 heterocycles. The first kappa shape index (κ1) is 11.2. The van der Waals surface area contributed by atoms with E-state index in [-0.39, 0.29) is 15.6 Å². The fourth-order valence-electron chi connectivity index (χ4n) is 0.845. The molecule has 0 aromatic heterocycles. The van der Waals surface area contributed by atoms with Gasteiger partial charge >= 0.3 is 0 Å². The van der Waals surface area contributed by atoms with Gasteiger partial charge in [0.25, 0.3) is 10.9 Å². The number of hydrogen-bond donors (Lipinski definition) is 0. The first-order chi connectivity index (χ1) is 6.43. The summed E-state index contributed by atoms with van der Waals surface area (Å²) in [5.41, 5.74) is -0.731. The summed E-state index contributed by atoms with van der Waals surface area (Å²) in [6.07, 6.45) is 0. The third-order valence-corrected chi connectivity index (χ3v) is 2.37. The van der Waals surface area contributed by atoms with Crippen molar-refractivity contribution < 1.29 is 9.72 Å². The molecule has 1 aromatic carbocycles. The van der Waals surface area contributed by atoms with Crippen LogP contribution in [-0.2, 0) is 0 Å². The highest BCUT2D eigenvalue weighted by Gasteiger charge is 2.20. The van der Waals surface area contributed by atoms with Crippen LogP contribution in [0, 0.1) is 10.1 Å². The van der Waals surface area contributed by atoms with E-state index in [1.807, 2.05) is 0 Å². The lowest BCUT2D eigenvalue weighted by Gasteiger charge is -2.00. The minimum absolute atomic E-state index is 0.0000309. The lowest BCUT2D eigenvalue weighted by molar-refractivity contribution is -0.385. The van der Waals surface area contributed by atoms with Gasteiger partial charge in [-0.15, -0.1) is 0 Å². The van der Waals surface area contributed by atoms with E-state index in [0.29, 0.717) is 0 Å². The van der Waals surface area contributed by atoms with Crippen molar-refractivity contribution in [3.63, 3.8) is 0 Å². The molecule has 0 saturated carbocycles. The largest absolute Gasteiger partial charge is 0.283 e. The molecule has 0 aliphatic rings. The summed E-state index contributed by atoms with van der Waals surface area (Å²) in [7, 11) is 0. The minimum atomic E-state index is -0.949. The average molecular weight is 254 g/mol. The first-order valence-corrected chi connectivity index (χ1v) is 4.40. The van der Waals surface area contributed by atoms with Crippen molar-refractivity contribution in [3.8, 4) is 0 Å². The Morgan fingerprint density at radius 3 is 2.21 bits per heavy atom. The molecule has 0 atom stereocenters. The zero-order valence-electron chi connectivity index (χ0n) is 6.46. The zero-order chi connectivity index (χ0) is 10.9. The van der Waals surface area contributed by atoms with Gasteiger partial charge in [0.05, 0.1) is 15.0 Å². The van der Waals surface area contributed by atoms with Gasteiger partial charge in [-0.2, -0.15) is 0 Å². The molecule has 0 aliphatic carbocycles. The third kappa shape index (κ3) is 2.15. The number of halogens is 3. The van der Waals surface area contributed by atoms with Crippen LogP contribution in [0.5, 0.6) is 0 Å². The van der Waals surface area contributed by atoms with Crippen LogP contribution in [0.1, 0.15) is 10.4 Å². The van der Waals surface area contributed by atoms with Gasteiger partial charge in [0, 0.05) is 6.07 Å². The van der Waals surface area contributed by atoms with Crippen molar-refractivity contribution in [1.82, 2.24) is 0 Å². The summed E-state index contributed by atoms with van der Waals surface area (Å²) in [4.78, 5) is 20.5. The van der Waals surface area contributed by atoms with E-state index >= 15 is 0 Å². The van der Waals surface area contributed by atoms with Crippen LogP contribution in [-0.4, -0.2) is 10.2 Å². The number of benzene rings is 1. The van der Waals surface area contributed by atoms with E-state index < -0.39 is 15.9 Å². The highest BCUT2D eigenvalue weighted by atomic mass is 35.5. The molecule has 1 aromatic rings. The number of nitro benzene ring substituents is 1. The summed E-state index contributed by atoms with van der Waals surface area (Å²) in [5.74, 6) is 0. The highest BCUT2D eigenvalue weighted by molar-refractivity contribution is 6.68. The fraction of sp³-hybridized carbons (Fsp3) is 0. The number of nitrogens with zero attached hydrogens (tertiary/aromatic N) is 1. The quantitative estimate of drug-likeness (QED) is 0.462. The highest BCUT2D eigenvalue weighted by Crippen LogP contribution is 2.31. The topological polar surface area (TPSA) is 60.2 Å². The zero-order valence-corrected chi connectivity index (χ0v) is 8.73. The standard InChI is InChI=1S/C7H2Cl3NO3/c8-4-1-3(7(10)12)6(11(13)14)2-5(4)9/h1-2H. The van der Waals surface area contributed by atoms with E-state index in [1.165, 1.54) is 0 Å². The van der Waals surface area contributed by atoms with Crippen molar-refractivity contribution in [1.29, 1.82) is 0 Å². The predicted octanol–water partition coefficient (Wildman–Crippen LogP) is 3.28. The number of nitro groups is 1. The van der Waals surface area contributed by atoms with Crippen molar-refractivity contribution in [2.75, 3.05) is 0 Å². The summed E-state index contributed by atoms with van der Waals surface area (Å²) in [5, 5.41) is 9.58. The number of carbonyl (C=O) groups excluding carboxylic acids is 1. The molecule has 0 spiro atoms. The maximum Gasteiger partial charge on any atom is 0.283 e. The molecule has 0 saturated heterocycles. The van der Waals surface area contributed by atoms with Gasteiger partial charge in [-0.25, -0.2) is 0 Å². The second-order valence-electron chi connectivity index (χ2n) is 2.31. The molecular weight excluding hydrogens is 252 g/mol. The van der Waals surface area contributed by atoms with E-state index in [2.05, 4.69) is 0 Å². The van der Waals surface area contributed by atoms with Gasteiger partial charge in [0.15, 0.2) is 0 Å². The molecule has 7 heteroatoms. The Labute approximate surface area is 93.5 Å². The Kier molecular flexibility index (Phi) is 3.31. The molecule has 0 aliphatic heterocycles. The van der Waals surface area contributed by atoms with Crippen LogP contribution in [0.3, 0.4) is 0 Å². The Morgan fingerprint density at radius 2 is 1.79 bits per heavy atom. The Hall–Kier alpha value is -0.840. The van der Waals surface area contributed by atoms with E-state index in [1.54, 1.807) is 0 Å². The molecule has 1 rings (SSSR count). The Morgan fingerprint density at radius 1 is 1.29 bits per heavy atom. The molecule has 4 nitrogen and oxygen atoms in total. The lowest BCUT2D eigenvalue weighted by atomic mass is 10.2. The number of rotatable bonds is 2. The van der Waals surface area contributed by atoms with Gasteiger partial charge in [-0.1, -0.05) is 23.2 Å². The van der Waals surface area contributed by atoms with Gasteiger partial charge in [-0.3, -0.25) is 14.9 Å².